The van der Waals surface area contributed by atoms with Crippen LogP contribution < -0.4 is 20.7 Å². The second-order valence-electron chi connectivity index (χ2n) is 14.5. The highest BCUT2D eigenvalue weighted by atomic mass is 28.4. The van der Waals surface area contributed by atoms with Gasteiger partial charge in [0.15, 0.2) is 0 Å². The molecule has 0 radical (unpaired) electrons. The molecule has 6 nitrogen and oxygen atoms in total. The molecular weight excluding hydrogens is 657 g/mol. The Balaban J connectivity index is 1.10. The van der Waals surface area contributed by atoms with E-state index in [1.165, 1.54) is 20.7 Å². The molecule has 0 unspecified atom stereocenters. The van der Waals surface area contributed by atoms with Gasteiger partial charge in [0.25, 0.3) is 16.6 Å². The average molecular weight is 715 g/mol. The second-order valence-corrected chi connectivity index (χ2v) is 23.1. The van der Waals surface area contributed by atoms with Gasteiger partial charge in [-0.25, -0.2) is 0 Å². The van der Waals surface area contributed by atoms with Crippen LogP contribution in [0.5, 0.6) is 0 Å². The largest absolute Gasteiger partial charge is 0.405 e. The van der Waals surface area contributed by atoms with Crippen molar-refractivity contribution in [3.8, 4) is 0 Å². The van der Waals surface area contributed by atoms with Crippen LogP contribution in [-0.4, -0.2) is 82.7 Å². The Morgan fingerprint density at radius 2 is 0.520 bits per heavy atom. The third-order valence-electron chi connectivity index (χ3n) is 9.04. The Bertz CT molecular complexity index is 1280. The summed E-state index contributed by atoms with van der Waals surface area (Å²) in [6, 6.07) is 42.7. The summed E-state index contributed by atoms with van der Waals surface area (Å²) in [5, 5.41) is 4.99. The van der Waals surface area contributed by atoms with E-state index in [2.05, 4.69) is 163 Å². The summed E-state index contributed by atoms with van der Waals surface area (Å²) in [6.45, 7) is 18.9. The molecule has 0 atom stereocenters. The topological polar surface area (TPSA) is 55.4 Å². The van der Waals surface area contributed by atoms with Crippen LogP contribution in [0.1, 0.15) is 41.5 Å². The first-order valence-corrected chi connectivity index (χ1v) is 21.8. The Morgan fingerprint density at radius 3 is 0.720 bits per heavy atom. The Hall–Kier alpha value is -2.93. The third kappa shape index (κ3) is 10.3. The zero-order valence-electron chi connectivity index (χ0n) is 31.1. The second kappa shape index (κ2) is 19.6. The summed E-state index contributed by atoms with van der Waals surface area (Å²) in [7, 11) is -5.08. The lowest BCUT2D eigenvalue weighted by Crippen LogP contribution is -2.66. The van der Waals surface area contributed by atoms with E-state index >= 15 is 0 Å². The molecule has 50 heavy (non-hydrogen) atoms. The van der Waals surface area contributed by atoms with Gasteiger partial charge in [0, 0.05) is 0 Å². The first-order valence-electron chi connectivity index (χ1n) is 17.9. The van der Waals surface area contributed by atoms with Gasteiger partial charge in [-0.2, -0.15) is 0 Å². The summed E-state index contributed by atoms with van der Waals surface area (Å²) in [6.07, 6.45) is 0. The molecule has 0 aliphatic rings. The molecule has 0 heterocycles. The Kier molecular flexibility index (Phi) is 15.6. The minimum Gasteiger partial charge on any atom is -0.405 e. The van der Waals surface area contributed by atoms with Crippen LogP contribution in [0.2, 0.25) is 10.1 Å². The van der Waals surface area contributed by atoms with E-state index in [1.807, 2.05) is 0 Å². The highest BCUT2D eigenvalue weighted by Crippen LogP contribution is 2.37. The van der Waals surface area contributed by atoms with Crippen LogP contribution in [0.3, 0.4) is 0 Å². The summed E-state index contributed by atoms with van der Waals surface area (Å²) in [4.78, 5) is 0. The fraction of sp³-hybridized carbons (Fsp3) is 0.429. The maximum atomic E-state index is 6.88. The lowest BCUT2D eigenvalue weighted by molar-refractivity contribution is -0.00753. The number of hydrogen-bond acceptors (Lipinski definition) is 6. The fourth-order valence-corrected chi connectivity index (χ4v) is 15.9. The first kappa shape index (κ1) is 39.9. The van der Waals surface area contributed by atoms with Crippen molar-refractivity contribution in [3.05, 3.63) is 121 Å². The van der Waals surface area contributed by atoms with Crippen LogP contribution in [0.15, 0.2) is 121 Å². The molecule has 0 fully saturated rings. The molecule has 0 N–H and O–H groups in total. The highest BCUT2D eigenvalue weighted by molar-refractivity contribution is 7.00. The molecule has 0 saturated carbocycles. The van der Waals surface area contributed by atoms with E-state index in [9.17, 15) is 0 Å². The molecule has 0 spiro atoms. The monoisotopic (exact) mass is 714 g/mol. The molecule has 0 aliphatic carbocycles. The molecule has 8 heteroatoms. The molecule has 4 aromatic carbocycles. The quantitative estimate of drug-likeness (QED) is 0.0757. The highest BCUT2D eigenvalue weighted by Gasteiger charge is 2.51. The van der Waals surface area contributed by atoms with Crippen molar-refractivity contribution in [2.75, 3.05) is 66.1 Å². The summed E-state index contributed by atoms with van der Waals surface area (Å²) >= 11 is 0. The SMILES string of the molecule is CC(C)(C)[Si](OCCOCCOCCOCCOCCO[Si](c1ccccc1)(c1ccccc1)C(C)(C)C)(c1ccccc1)c1ccccc1. The van der Waals surface area contributed by atoms with Crippen molar-refractivity contribution in [2.45, 2.75) is 51.6 Å². The summed E-state index contributed by atoms with van der Waals surface area (Å²) < 4.78 is 37.0. The lowest BCUT2D eigenvalue weighted by Gasteiger charge is -2.43. The zero-order chi connectivity index (χ0) is 35.8. The van der Waals surface area contributed by atoms with Crippen LogP contribution in [0, 0.1) is 0 Å². The van der Waals surface area contributed by atoms with Crippen molar-refractivity contribution in [3.63, 3.8) is 0 Å². The molecule has 0 saturated heterocycles. The van der Waals surface area contributed by atoms with E-state index in [0.29, 0.717) is 66.1 Å². The predicted octanol–water partition coefficient (Wildman–Crippen LogP) is 6.21. The maximum Gasteiger partial charge on any atom is 0.261 e. The molecule has 4 rings (SSSR count). The van der Waals surface area contributed by atoms with E-state index in [-0.39, 0.29) is 10.1 Å². The van der Waals surface area contributed by atoms with Gasteiger partial charge in [0.2, 0.25) is 0 Å². The van der Waals surface area contributed by atoms with Gasteiger partial charge >= 0.3 is 0 Å². The van der Waals surface area contributed by atoms with Crippen LogP contribution in [0.4, 0.5) is 0 Å². The van der Waals surface area contributed by atoms with Gasteiger partial charge in [-0.05, 0) is 30.8 Å². The van der Waals surface area contributed by atoms with Gasteiger partial charge in [-0.1, -0.05) is 163 Å². The standard InChI is InChI=1S/C42H58O6Si2/c1-41(2,3)49(37-19-11-7-12-20-37,38-21-13-8-14-22-38)47-35-33-45-31-29-43-27-28-44-30-32-46-34-36-48-50(42(4,5)6,39-23-15-9-16-24-39)40-25-17-10-18-26-40/h7-26H,27-36H2,1-6H3. The summed E-state index contributed by atoms with van der Waals surface area (Å²) in [5.41, 5.74) is 0. The molecular formula is C42H58O6Si2. The van der Waals surface area contributed by atoms with Gasteiger partial charge in [0.1, 0.15) is 0 Å². The normalized spacial score (nSPS) is 12.7. The van der Waals surface area contributed by atoms with Crippen molar-refractivity contribution >= 4 is 37.4 Å². The van der Waals surface area contributed by atoms with Gasteiger partial charge in [0.05, 0.1) is 66.1 Å². The fourth-order valence-electron chi connectivity index (χ4n) is 6.79. The molecule has 0 aliphatic heterocycles. The lowest BCUT2D eigenvalue weighted by atomic mass is 10.2. The predicted molar refractivity (Wildman–Crippen MR) is 210 cm³/mol. The van der Waals surface area contributed by atoms with E-state index in [4.69, 9.17) is 27.8 Å². The van der Waals surface area contributed by atoms with Crippen molar-refractivity contribution in [2.24, 2.45) is 0 Å². The number of benzene rings is 4. The Labute approximate surface area is 303 Å². The van der Waals surface area contributed by atoms with Crippen molar-refractivity contribution in [1.82, 2.24) is 0 Å². The number of rotatable bonds is 21. The van der Waals surface area contributed by atoms with Crippen molar-refractivity contribution < 1.29 is 27.8 Å². The number of ether oxygens (including phenoxy) is 4. The molecule has 4 aromatic rings. The van der Waals surface area contributed by atoms with E-state index in [1.54, 1.807) is 0 Å². The van der Waals surface area contributed by atoms with E-state index in [0.717, 1.165) is 0 Å². The minimum atomic E-state index is -2.54. The van der Waals surface area contributed by atoms with E-state index < -0.39 is 16.6 Å². The molecule has 270 valence electrons. The average Bonchev–Trinajstić information content (AvgIpc) is 3.12. The maximum absolute atomic E-state index is 6.88. The smallest absolute Gasteiger partial charge is 0.261 e. The van der Waals surface area contributed by atoms with Gasteiger partial charge < -0.3 is 27.8 Å². The van der Waals surface area contributed by atoms with Gasteiger partial charge in [-0.3, -0.25) is 0 Å². The summed E-state index contributed by atoms with van der Waals surface area (Å²) in [5.74, 6) is 0. The minimum absolute atomic E-state index is 0.0535. The molecule has 0 amide bonds. The zero-order valence-corrected chi connectivity index (χ0v) is 33.1. The van der Waals surface area contributed by atoms with Crippen LogP contribution in [-0.2, 0) is 27.8 Å². The number of hydrogen-bond donors (Lipinski definition) is 0. The third-order valence-corrected chi connectivity index (χ3v) is 19.1. The first-order chi connectivity index (χ1) is 24.1. The molecule has 0 aromatic heterocycles. The van der Waals surface area contributed by atoms with Gasteiger partial charge in [-0.15, -0.1) is 0 Å². The van der Waals surface area contributed by atoms with Crippen LogP contribution >= 0.6 is 0 Å². The van der Waals surface area contributed by atoms with Crippen LogP contribution in [0.25, 0.3) is 0 Å². The van der Waals surface area contributed by atoms with Crippen molar-refractivity contribution in [1.29, 1.82) is 0 Å². The Morgan fingerprint density at radius 1 is 0.320 bits per heavy atom. The molecule has 0 bridgehead atoms.